The van der Waals surface area contributed by atoms with Crippen LogP contribution in [0, 0.1) is 28.5 Å². The minimum absolute atomic E-state index is 0. The molecule has 3 aromatic carbocycles. The minimum Gasteiger partial charge on any atom is -1.00 e. The van der Waals surface area contributed by atoms with E-state index in [4.69, 9.17) is 10.5 Å². The first-order valence-electron chi connectivity index (χ1n) is 13.2. The van der Waals surface area contributed by atoms with Gasteiger partial charge in [-0.25, -0.2) is 4.39 Å². The summed E-state index contributed by atoms with van der Waals surface area (Å²) in [5.74, 6) is -0.263. The predicted octanol–water partition coefficient (Wildman–Crippen LogP) is 3.86. The van der Waals surface area contributed by atoms with Gasteiger partial charge in [0.1, 0.15) is 12.9 Å². The molecule has 7 heteroatoms. The Balaban J connectivity index is 0.00000462. The van der Waals surface area contributed by atoms with E-state index in [0.29, 0.717) is 25.9 Å². The average molecular weight is 658 g/mol. The molecule has 5 nitrogen and oxygen atoms in total. The van der Waals surface area contributed by atoms with E-state index in [-0.39, 0.29) is 29.8 Å². The van der Waals surface area contributed by atoms with E-state index in [1.807, 2.05) is 21.1 Å². The molecule has 4 rings (SSSR count). The van der Waals surface area contributed by atoms with E-state index in [1.165, 1.54) is 12.1 Å². The number of rotatable bonds is 10. The van der Waals surface area contributed by atoms with Crippen LogP contribution in [0.3, 0.4) is 0 Å². The molecule has 1 aromatic heterocycles. The molecule has 0 unspecified atom stereocenters. The van der Waals surface area contributed by atoms with E-state index in [2.05, 4.69) is 99.3 Å². The number of benzene rings is 3. The topological polar surface area (TPSA) is 57.9 Å². The summed E-state index contributed by atoms with van der Waals surface area (Å²) in [6.45, 7) is 1.37. The molecule has 0 saturated heterocycles. The van der Waals surface area contributed by atoms with Crippen molar-refractivity contribution in [3.05, 3.63) is 102 Å². The first kappa shape index (κ1) is 31.3. The molecule has 0 aliphatic rings. The second-order valence-corrected chi connectivity index (χ2v) is 9.75. The summed E-state index contributed by atoms with van der Waals surface area (Å²) in [5.41, 5.74) is 8.22. The zero-order chi connectivity index (χ0) is 28.5. The molecule has 0 radical (unpaired) electrons. The Kier molecular flexibility index (Phi) is 11.4. The summed E-state index contributed by atoms with van der Waals surface area (Å²) in [7, 11) is 5.99. The van der Waals surface area contributed by atoms with Gasteiger partial charge in [0.05, 0.1) is 25.0 Å². The van der Waals surface area contributed by atoms with Crippen LogP contribution in [-0.4, -0.2) is 27.2 Å². The smallest absolute Gasteiger partial charge is 0.213 e. The Morgan fingerprint density at radius 1 is 0.707 bits per heavy atom. The van der Waals surface area contributed by atoms with Crippen molar-refractivity contribution in [2.24, 2.45) is 7.05 Å². The van der Waals surface area contributed by atoms with E-state index in [9.17, 15) is 4.39 Å². The van der Waals surface area contributed by atoms with Crippen molar-refractivity contribution in [3.8, 4) is 34.5 Å². The lowest BCUT2D eigenvalue weighted by atomic mass is 10.0. The summed E-state index contributed by atoms with van der Waals surface area (Å²) in [4.78, 5) is 4.14. The highest BCUT2D eigenvalue weighted by Crippen LogP contribution is 2.28. The molecule has 0 atom stereocenters. The van der Waals surface area contributed by atoms with Crippen LogP contribution in [0.2, 0.25) is 0 Å². The quantitative estimate of drug-likeness (QED) is 0.192. The molecule has 0 spiro atoms. The van der Waals surface area contributed by atoms with Gasteiger partial charge in [-0.1, -0.05) is 24.3 Å². The third kappa shape index (κ3) is 8.15. The van der Waals surface area contributed by atoms with Crippen molar-refractivity contribution in [3.63, 3.8) is 0 Å². The Bertz CT molecular complexity index is 1550. The summed E-state index contributed by atoms with van der Waals surface area (Å²) in [6.07, 6.45) is 5.14. The number of nitrogens with zero attached hydrogens (tertiary/aromatic N) is 5. The summed E-state index contributed by atoms with van der Waals surface area (Å²) >= 11 is 0. The van der Waals surface area contributed by atoms with Gasteiger partial charge in [-0.15, -0.1) is 0 Å². The van der Waals surface area contributed by atoms with Crippen LogP contribution in [0.15, 0.2) is 84.9 Å². The molecule has 0 bridgehead atoms. The van der Waals surface area contributed by atoms with Crippen LogP contribution < -0.4 is 38.3 Å². The van der Waals surface area contributed by atoms with Crippen LogP contribution in [0.5, 0.6) is 0 Å². The van der Waals surface area contributed by atoms with Gasteiger partial charge in [-0.2, -0.15) is 15.1 Å². The first-order chi connectivity index (χ1) is 19.4. The SMILES string of the molecule is CN(CCC#N)c1ccc(/C=C/c2cc(-c3ccc(N(C)CCC#N)cc3)cc(-c3ccc(F)cc3)[n+]2C)cc1.[I-]. The average Bonchev–Trinajstić information content (AvgIpc) is 2.99. The molecular formula is C34H33FIN5. The second kappa shape index (κ2) is 15.0. The summed E-state index contributed by atoms with van der Waals surface area (Å²) in [6, 6.07) is 31.8. The Morgan fingerprint density at radius 2 is 1.22 bits per heavy atom. The van der Waals surface area contributed by atoms with E-state index in [0.717, 1.165) is 45.0 Å². The summed E-state index contributed by atoms with van der Waals surface area (Å²) < 4.78 is 15.8. The molecule has 0 amide bonds. The number of hydrogen-bond acceptors (Lipinski definition) is 4. The number of pyridine rings is 1. The van der Waals surface area contributed by atoms with Gasteiger partial charge >= 0.3 is 0 Å². The van der Waals surface area contributed by atoms with Crippen LogP contribution >= 0.6 is 0 Å². The van der Waals surface area contributed by atoms with Crippen LogP contribution in [0.25, 0.3) is 34.5 Å². The van der Waals surface area contributed by atoms with Crippen LogP contribution in [0.1, 0.15) is 24.1 Å². The van der Waals surface area contributed by atoms with E-state index < -0.39 is 0 Å². The zero-order valence-corrected chi connectivity index (χ0v) is 25.7. The number of halogens is 2. The standard InChI is InChI=1S/C34H33FN5.HI/c1-38(22-4-20-36)31-15-6-26(7-16-31)8-17-33-24-29(25-34(40(33)3)28-9-13-30(35)14-10-28)27-11-18-32(19-12-27)39(2)23-5-21-37;/h6-19,24-25H,4-5,22-23H2,1-3H3;1H/q+1;/p-1. The first-order valence-corrected chi connectivity index (χ1v) is 13.2. The van der Waals surface area contributed by atoms with Crippen molar-refractivity contribution in [2.45, 2.75) is 12.8 Å². The molecule has 41 heavy (non-hydrogen) atoms. The molecule has 208 valence electrons. The maximum absolute atomic E-state index is 13.7. The van der Waals surface area contributed by atoms with Crippen LogP contribution in [-0.2, 0) is 7.05 Å². The highest BCUT2D eigenvalue weighted by atomic mass is 127. The van der Waals surface area contributed by atoms with Gasteiger partial charge in [0.25, 0.3) is 0 Å². The largest absolute Gasteiger partial charge is 1.00 e. The van der Waals surface area contributed by atoms with Crippen molar-refractivity contribution in [1.29, 1.82) is 10.5 Å². The second-order valence-electron chi connectivity index (χ2n) is 9.75. The molecule has 0 N–H and O–H groups in total. The lowest BCUT2D eigenvalue weighted by Gasteiger charge is -2.18. The van der Waals surface area contributed by atoms with E-state index >= 15 is 0 Å². The normalized spacial score (nSPS) is 10.5. The van der Waals surface area contributed by atoms with Crippen molar-refractivity contribution in [2.75, 3.05) is 37.0 Å². The molecule has 4 aromatic rings. The highest BCUT2D eigenvalue weighted by molar-refractivity contribution is 5.75. The Morgan fingerprint density at radius 3 is 1.76 bits per heavy atom. The number of nitriles is 2. The molecule has 0 fully saturated rings. The molecule has 0 aliphatic carbocycles. The number of anilines is 2. The third-order valence-electron chi connectivity index (χ3n) is 7.02. The fraction of sp³-hybridized carbons (Fsp3) is 0.206. The molecule has 1 heterocycles. The van der Waals surface area contributed by atoms with Crippen molar-refractivity contribution < 1.29 is 32.9 Å². The van der Waals surface area contributed by atoms with Crippen molar-refractivity contribution >= 4 is 23.5 Å². The third-order valence-corrected chi connectivity index (χ3v) is 7.02. The van der Waals surface area contributed by atoms with Crippen LogP contribution in [0.4, 0.5) is 15.8 Å². The van der Waals surface area contributed by atoms with Gasteiger partial charge in [0.2, 0.25) is 11.4 Å². The zero-order valence-electron chi connectivity index (χ0n) is 23.6. The van der Waals surface area contributed by atoms with Gasteiger partial charge in [-0.3, -0.25) is 0 Å². The Labute approximate surface area is 259 Å². The predicted molar refractivity (Wildman–Crippen MR) is 161 cm³/mol. The maximum atomic E-state index is 13.7. The molecule has 0 saturated carbocycles. The van der Waals surface area contributed by atoms with Gasteiger partial charge < -0.3 is 33.8 Å². The maximum Gasteiger partial charge on any atom is 0.213 e. The van der Waals surface area contributed by atoms with Crippen molar-refractivity contribution in [1.82, 2.24) is 0 Å². The number of aromatic nitrogens is 1. The lowest BCUT2D eigenvalue weighted by Crippen LogP contribution is -3.00. The summed E-state index contributed by atoms with van der Waals surface area (Å²) in [5, 5.41) is 17.8. The lowest BCUT2D eigenvalue weighted by molar-refractivity contribution is -0.662. The van der Waals surface area contributed by atoms with Gasteiger partial charge in [0, 0.05) is 62.3 Å². The Hall–Kier alpha value is -4.21. The van der Waals surface area contributed by atoms with E-state index in [1.54, 1.807) is 12.1 Å². The fourth-order valence-electron chi connectivity index (χ4n) is 4.53. The molecular weight excluding hydrogens is 624 g/mol. The highest BCUT2D eigenvalue weighted by Gasteiger charge is 2.17. The van der Waals surface area contributed by atoms with Gasteiger partial charge in [0.15, 0.2) is 0 Å². The fourth-order valence-corrected chi connectivity index (χ4v) is 4.53. The minimum atomic E-state index is -0.263. The number of hydrogen-bond donors (Lipinski definition) is 0. The monoisotopic (exact) mass is 657 g/mol. The molecule has 0 aliphatic heterocycles. The van der Waals surface area contributed by atoms with Gasteiger partial charge in [-0.05, 0) is 71.3 Å².